The number of hydrogen-bond donors (Lipinski definition) is 0. The first kappa shape index (κ1) is 29.9. The van der Waals surface area contributed by atoms with Crippen LogP contribution in [0.25, 0.3) is 0 Å². The van der Waals surface area contributed by atoms with E-state index in [-0.39, 0.29) is 29.8 Å². The molecule has 3 aromatic rings. The molecule has 1 saturated heterocycles. The normalized spacial score (nSPS) is 15.6. The molecule has 0 spiro atoms. The zero-order chi connectivity index (χ0) is 28.7. The Bertz CT molecular complexity index is 1380. The van der Waals surface area contributed by atoms with Gasteiger partial charge < -0.3 is 14.2 Å². The molecule has 0 amide bonds. The van der Waals surface area contributed by atoms with Gasteiger partial charge >= 0.3 is 12.6 Å². The van der Waals surface area contributed by atoms with Crippen LogP contribution < -0.4 is 4.74 Å². The fourth-order valence-electron chi connectivity index (χ4n) is 4.33. The van der Waals surface area contributed by atoms with E-state index in [0.717, 1.165) is 17.2 Å². The van der Waals surface area contributed by atoms with Gasteiger partial charge in [0.25, 0.3) is 0 Å². The predicted octanol–water partition coefficient (Wildman–Crippen LogP) is 4.99. The predicted molar refractivity (Wildman–Crippen MR) is 145 cm³/mol. The van der Waals surface area contributed by atoms with Crippen LogP contribution in [0.4, 0.5) is 8.78 Å². The maximum Gasteiger partial charge on any atom is 0.387 e. The number of halogens is 3. The van der Waals surface area contributed by atoms with Gasteiger partial charge in [-0.2, -0.15) is 13.1 Å². The number of carbonyl (C=O) groups excluding carboxylic acids is 1. The summed E-state index contributed by atoms with van der Waals surface area (Å²) in [5.74, 6) is -0.625. The Kier molecular flexibility index (Phi) is 10.1. The first-order valence-corrected chi connectivity index (χ1v) is 14.3. The molecule has 40 heavy (non-hydrogen) atoms. The van der Waals surface area contributed by atoms with Gasteiger partial charge in [0.2, 0.25) is 10.0 Å². The molecule has 0 aromatic heterocycles. The minimum absolute atomic E-state index is 0.0975. The lowest BCUT2D eigenvalue weighted by Gasteiger charge is -2.36. The average Bonchev–Trinajstić information content (AvgIpc) is 2.95. The molecular weight excluding hydrogens is 566 g/mol. The third-order valence-electron chi connectivity index (χ3n) is 6.49. The molecule has 1 atom stereocenters. The van der Waals surface area contributed by atoms with E-state index < -0.39 is 22.6 Å². The van der Waals surface area contributed by atoms with Gasteiger partial charge in [-0.05, 0) is 47.5 Å². The monoisotopic (exact) mass is 594 g/mol. The molecule has 3 aromatic carbocycles. The first-order chi connectivity index (χ1) is 19.2. The highest BCUT2D eigenvalue weighted by atomic mass is 35.5. The highest BCUT2D eigenvalue weighted by molar-refractivity contribution is 7.89. The lowest BCUT2D eigenvalue weighted by atomic mass is 10.1. The Balaban J connectivity index is 1.40. The van der Waals surface area contributed by atoms with Crippen LogP contribution in [-0.4, -0.2) is 70.0 Å². The molecule has 1 aliphatic rings. The Labute approximate surface area is 237 Å². The molecular formula is C28H29ClF2N2O6S. The smallest absolute Gasteiger partial charge is 0.387 e. The summed E-state index contributed by atoms with van der Waals surface area (Å²) < 4.78 is 68.2. The van der Waals surface area contributed by atoms with Gasteiger partial charge in [-0.15, -0.1) is 0 Å². The SMILES string of the molecule is COC(=O)c1ccc(CO[C@@H](CN2CCN(S(=O)(=O)c3cccc(OC(F)F)c3)CC2)c2ccc(Cl)cc2)cc1. The molecule has 0 saturated carbocycles. The third-order valence-corrected chi connectivity index (χ3v) is 8.64. The fourth-order valence-corrected chi connectivity index (χ4v) is 5.91. The summed E-state index contributed by atoms with van der Waals surface area (Å²) in [6, 6.07) is 19.4. The molecule has 0 N–H and O–H groups in total. The highest BCUT2D eigenvalue weighted by Gasteiger charge is 2.30. The fraction of sp³-hybridized carbons (Fsp3) is 0.321. The number of alkyl halides is 2. The van der Waals surface area contributed by atoms with Gasteiger partial charge in [-0.25, -0.2) is 13.2 Å². The molecule has 1 heterocycles. The third kappa shape index (κ3) is 7.76. The minimum Gasteiger partial charge on any atom is -0.465 e. The van der Waals surface area contributed by atoms with Crippen molar-refractivity contribution >= 4 is 27.6 Å². The zero-order valence-electron chi connectivity index (χ0n) is 21.7. The van der Waals surface area contributed by atoms with E-state index in [9.17, 15) is 22.0 Å². The second-order valence-electron chi connectivity index (χ2n) is 9.10. The van der Waals surface area contributed by atoms with E-state index >= 15 is 0 Å². The van der Waals surface area contributed by atoms with Crippen LogP contribution in [0.2, 0.25) is 5.02 Å². The number of piperazine rings is 1. The Morgan fingerprint density at radius 2 is 1.65 bits per heavy atom. The van der Waals surface area contributed by atoms with E-state index in [1.807, 2.05) is 12.1 Å². The summed E-state index contributed by atoms with van der Waals surface area (Å²) in [6.07, 6.45) is -0.330. The van der Waals surface area contributed by atoms with Crippen molar-refractivity contribution in [2.24, 2.45) is 0 Å². The van der Waals surface area contributed by atoms with Gasteiger partial charge in [-0.3, -0.25) is 4.90 Å². The van der Waals surface area contributed by atoms with E-state index in [1.165, 1.54) is 29.6 Å². The lowest BCUT2D eigenvalue weighted by Crippen LogP contribution is -2.49. The Morgan fingerprint density at radius 1 is 0.975 bits per heavy atom. The van der Waals surface area contributed by atoms with Crippen molar-refractivity contribution in [3.8, 4) is 5.75 Å². The van der Waals surface area contributed by atoms with Gasteiger partial charge in [0, 0.05) is 43.8 Å². The van der Waals surface area contributed by atoms with Crippen LogP contribution in [0.3, 0.4) is 0 Å². The molecule has 214 valence electrons. The number of nitrogens with zero attached hydrogens (tertiary/aromatic N) is 2. The standard InChI is InChI=1S/C28H29ClF2N2O6S/c1-37-27(34)22-7-5-20(6-8-22)19-38-26(21-9-11-23(29)12-10-21)18-32-13-15-33(16-14-32)40(35,36)25-4-2-3-24(17-25)39-28(30)31/h2-12,17,26,28H,13-16,18-19H2,1H3/t26-/m0/s1. The molecule has 1 fully saturated rings. The lowest BCUT2D eigenvalue weighted by molar-refractivity contribution is -0.0500. The van der Waals surface area contributed by atoms with E-state index in [4.69, 9.17) is 21.1 Å². The summed E-state index contributed by atoms with van der Waals surface area (Å²) >= 11 is 6.08. The maximum absolute atomic E-state index is 13.2. The van der Waals surface area contributed by atoms with Gasteiger partial charge in [-0.1, -0.05) is 41.9 Å². The van der Waals surface area contributed by atoms with Gasteiger partial charge in [0.05, 0.1) is 30.3 Å². The van der Waals surface area contributed by atoms with Crippen molar-refractivity contribution < 1.29 is 36.2 Å². The summed E-state index contributed by atoms with van der Waals surface area (Å²) in [7, 11) is -2.56. The van der Waals surface area contributed by atoms with E-state index in [0.29, 0.717) is 36.8 Å². The second kappa shape index (κ2) is 13.5. The number of rotatable bonds is 11. The van der Waals surface area contributed by atoms with E-state index in [2.05, 4.69) is 9.64 Å². The second-order valence-corrected chi connectivity index (χ2v) is 11.5. The minimum atomic E-state index is -3.88. The van der Waals surface area contributed by atoms with Crippen molar-refractivity contribution in [3.05, 3.63) is 94.5 Å². The highest BCUT2D eigenvalue weighted by Crippen LogP contribution is 2.26. The number of ether oxygens (including phenoxy) is 3. The first-order valence-electron chi connectivity index (χ1n) is 12.5. The average molecular weight is 595 g/mol. The van der Waals surface area contributed by atoms with Crippen LogP contribution in [0.1, 0.15) is 27.6 Å². The number of esters is 1. The molecule has 12 heteroatoms. The van der Waals surface area contributed by atoms with Gasteiger partial charge in [0.1, 0.15) is 5.75 Å². The number of carbonyl (C=O) groups is 1. The van der Waals surface area contributed by atoms with E-state index in [1.54, 1.807) is 36.4 Å². The molecule has 0 aliphatic carbocycles. The van der Waals surface area contributed by atoms with Crippen LogP contribution in [0.5, 0.6) is 5.75 Å². The van der Waals surface area contributed by atoms with Crippen molar-refractivity contribution in [2.75, 3.05) is 39.8 Å². The quantitative estimate of drug-likeness (QED) is 0.289. The summed E-state index contributed by atoms with van der Waals surface area (Å²) in [6.45, 7) is -0.888. The molecule has 0 radical (unpaired) electrons. The van der Waals surface area contributed by atoms with Crippen LogP contribution in [0.15, 0.2) is 77.7 Å². The summed E-state index contributed by atoms with van der Waals surface area (Å²) in [4.78, 5) is 13.7. The molecule has 1 aliphatic heterocycles. The van der Waals surface area contributed by atoms with Crippen LogP contribution in [0, 0.1) is 0 Å². The zero-order valence-corrected chi connectivity index (χ0v) is 23.3. The van der Waals surface area contributed by atoms with Crippen LogP contribution in [-0.2, 0) is 26.1 Å². The molecule has 0 unspecified atom stereocenters. The van der Waals surface area contributed by atoms with Crippen molar-refractivity contribution in [1.29, 1.82) is 0 Å². The summed E-state index contributed by atoms with van der Waals surface area (Å²) in [5.41, 5.74) is 2.24. The Morgan fingerprint density at radius 3 is 2.27 bits per heavy atom. The number of hydrogen-bond acceptors (Lipinski definition) is 7. The Hall–Kier alpha value is -3.09. The summed E-state index contributed by atoms with van der Waals surface area (Å²) in [5, 5.41) is 0.600. The number of methoxy groups -OCH3 is 1. The maximum atomic E-state index is 13.2. The van der Waals surface area contributed by atoms with Crippen molar-refractivity contribution in [1.82, 2.24) is 9.21 Å². The number of sulfonamides is 1. The topological polar surface area (TPSA) is 85.4 Å². The largest absolute Gasteiger partial charge is 0.465 e. The van der Waals surface area contributed by atoms with Crippen molar-refractivity contribution in [3.63, 3.8) is 0 Å². The van der Waals surface area contributed by atoms with Crippen LogP contribution >= 0.6 is 11.6 Å². The molecule has 0 bridgehead atoms. The van der Waals surface area contributed by atoms with Crippen molar-refractivity contribution in [2.45, 2.75) is 24.2 Å². The van der Waals surface area contributed by atoms with Gasteiger partial charge in [0.15, 0.2) is 0 Å². The number of benzene rings is 3. The molecule has 8 nitrogen and oxygen atoms in total. The molecule has 4 rings (SSSR count).